The van der Waals surface area contributed by atoms with E-state index in [9.17, 15) is 0 Å². The van der Waals surface area contributed by atoms with E-state index < -0.39 is 0 Å². The predicted molar refractivity (Wildman–Crippen MR) is 68.5 cm³/mol. The van der Waals surface area contributed by atoms with Crippen LogP contribution in [0.1, 0.15) is 29.4 Å². The van der Waals surface area contributed by atoms with Crippen LogP contribution in [0, 0.1) is 6.92 Å². The van der Waals surface area contributed by atoms with Crippen molar-refractivity contribution < 1.29 is 0 Å². The van der Waals surface area contributed by atoms with E-state index in [0.29, 0.717) is 0 Å². The molecule has 1 atom stereocenters. The number of rotatable bonds is 5. The summed E-state index contributed by atoms with van der Waals surface area (Å²) in [7, 11) is 0. The number of hydrogen-bond donors (Lipinski definition) is 2. The van der Waals surface area contributed by atoms with E-state index >= 15 is 0 Å². The van der Waals surface area contributed by atoms with Crippen LogP contribution in [0.25, 0.3) is 0 Å². The molecule has 0 radical (unpaired) electrons. The van der Waals surface area contributed by atoms with Gasteiger partial charge in [0.15, 0.2) is 0 Å². The smallest absolute Gasteiger partial charge is 0.110 e. The number of thiazole rings is 1. The Bertz CT molecular complexity index is 476. The van der Waals surface area contributed by atoms with Gasteiger partial charge in [-0.25, -0.2) is 9.97 Å². The number of aromatic nitrogens is 3. The Morgan fingerprint density at radius 3 is 2.94 bits per heavy atom. The van der Waals surface area contributed by atoms with Gasteiger partial charge in [-0.2, -0.15) is 0 Å². The van der Waals surface area contributed by atoms with Gasteiger partial charge in [-0.05, 0) is 13.8 Å². The maximum Gasteiger partial charge on any atom is 0.110 e. The molecule has 3 N–H and O–H groups in total. The zero-order chi connectivity index (χ0) is 12.3. The fraction of sp³-hybridized carbons (Fsp3) is 0.455. The third kappa shape index (κ3) is 2.54. The van der Waals surface area contributed by atoms with E-state index in [1.807, 2.05) is 24.8 Å². The van der Waals surface area contributed by atoms with Crippen molar-refractivity contribution in [3.05, 3.63) is 34.3 Å². The average Bonchev–Trinajstić information content (AvgIpc) is 2.94. The second-order valence-electron chi connectivity index (χ2n) is 3.85. The van der Waals surface area contributed by atoms with Crippen molar-refractivity contribution in [2.45, 2.75) is 32.9 Å². The first-order valence-electron chi connectivity index (χ1n) is 5.62. The lowest BCUT2D eigenvalue weighted by molar-refractivity contribution is 0.527. The van der Waals surface area contributed by atoms with Crippen molar-refractivity contribution in [1.29, 1.82) is 0 Å². The minimum atomic E-state index is 0.0789. The number of hydrogen-bond acceptors (Lipinski definition) is 5. The van der Waals surface area contributed by atoms with Crippen LogP contribution in [0.3, 0.4) is 0 Å². The Labute approximate surface area is 105 Å². The van der Waals surface area contributed by atoms with Gasteiger partial charge in [0.1, 0.15) is 5.82 Å². The van der Waals surface area contributed by atoms with Crippen LogP contribution in [-0.2, 0) is 13.0 Å². The van der Waals surface area contributed by atoms with E-state index in [4.69, 9.17) is 5.84 Å². The Kier molecular flexibility index (Phi) is 3.88. The van der Waals surface area contributed by atoms with Gasteiger partial charge in [0, 0.05) is 30.2 Å². The van der Waals surface area contributed by atoms with Gasteiger partial charge in [-0.15, -0.1) is 11.3 Å². The molecule has 2 heterocycles. The van der Waals surface area contributed by atoms with Crippen LogP contribution in [0.2, 0.25) is 0 Å². The lowest BCUT2D eigenvalue weighted by Crippen LogP contribution is -2.30. The molecule has 6 heteroatoms. The Hall–Kier alpha value is -1.24. The fourth-order valence-electron chi connectivity index (χ4n) is 1.87. The number of nitrogens with zero attached hydrogens (tertiary/aromatic N) is 3. The van der Waals surface area contributed by atoms with Crippen LogP contribution in [-0.4, -0.2) is 14.5 Å². The van der Waals surface area contributed by atoms with Gasteiger partial charge < -0.3 is 4.57 Å². The Morgan fingerprint density at radius 1 is 1.53 bits per heavy atom. The number of nitrogens with two attached hydrogens (primary N) is 1. The van der Waals surface area contributed by atoms with Crippen molar-refractivity contribution in [3.63, 3.8) is 0 Å². The van der Waals surface area contributed by atoms with Gasteiger partial charge in [-0.3, -0.25) is 11.3 Å². The molecule has 5 nitrogen and oxygen atoms in total. The zero-order valence-corrected chi connectivity index (χ0v) is 10.9. The van der Waals surface area contributed by atoms with E-state index in [1.165, 1.54) is 4.88 Å². The minimum absolute atomic E-state index is 0.0789. The molecule has 0 fully saturated rings. The third-order valence-electron chi connectivity index (χ3n) is 2.83. The highest BCUT2D eigenvalue weighted by atomic mass is 32.1. The van der Waals surface area contributed by atoms with E-state index in [0.717, 1.165) is 24.5 Å². The molecule has 2 rings (SSSR count). The van der Waals surface area contributed by atoms with Gasteiger partial charge >= 0.3 is 0 Å². The molecule has 0 aliphatic carbocycles. The summed E-state index contributed by atoms with van der Waals surface area (Å²) in [4.78, 5) is 9.80. The molecule has 0 amide bonds. The summed E-state index contributed by atoms with van der Waals surface area (Å²) >= 11 is 1.63. The normalized spacial score (nSPS) is 12.9. The monoisotopic (exact) mass is 251 g/mol. The summed E-state index contributed by atoms with van der Waals surface area (Å²) in [5.41, 5.74) is 5.74. The van der Waals surface area contributed by atoms with Gasteiger partial charge in [0.2, 0.25) is 0 Å². The number of nitrogens with one attached hydrogen (secondary N) is 1. The van der Waals surface area contributed by atoms with Crippen LogP contribution < -0.4 is 11.3 Å². The van der Waals surface area contributed by atoms with Gasteiger partial charge in [0.25, 0.3) is 0 Å². The molecule has 92 valence electrons. The second kappa shape index (κ2) is 5.39. The molecule has 1 unspecified atom stereocenters. The molecule has 0 aliphatic heterocycles. The first-order chi connectivity index (χ1) is 8.26. The lowest BCUT2D eigenvalue weighted by Gasteiger charge is -2.15. The topological polar surface area (TPSA) is 68.8 Å². The fourth-order valence-corrected chi connectivity index (χ4v) is 2.74. The SMILES string of the molecule is CCn1ccnc1CC(NN)c1scnc1C. The lowest BCUT2D eigenvalue weighted by atomic mass is 10.1. The quantitative estimate of drug-likeness (QED) is 0.623. The second-order valence-corrected chi connectivity index (χ2v) is 4.74. The van der Waals surface area contributed by atoms with Crippen LogP contribution in [0.5, 0.6) is 0 Å². The molecule has 0 aliphatic rings. The standard InChI is InChI=1S/C11H17N5S/c1-3-16-5-4-13-10(16)6-9(15-12)11-8(2)14-7-17-11/h4-5,7,9,15H,3,6,12H2,1-2H3. The molecule has 2 aromatic heterocycles. The van der Waals surface area contributed by atoms with Crippen LogP contribution in [0.15, 0.2) is 17.9 Å². The van der Waals surface area contributed by atoms with Crippen LogP contribution >= 0.6 is 11.3 Å². The van der Waals surface area contributed by atoms with Crippen molar-refractivity contribution in [2.24, 2.45) is 5.84 Å². The van der Waals surface area contributed by atoms with E-state index in [-0.39, 0.29) is 6.04 Å². The largest absolute Gasteiger partial charge is 0.335 e. The van der Waals surface area contributed by atoms with Gasteiger partial charge in [-0.1, -0.05) is 0 Å². The zero-order valence-electron chi connectivity index (χ0n) is 10.1. The number of hydrazine groups is 1. The van der Waals surface area contributed by atoms with Crippen molar-refractivity contribution in [2.75, 3.05) is 0 Å². The molecule has 0 bridgehead atoms. The van der Waals surface area contributed by atoms with Crippen molar-refractivity contribution in [1.82, 2.24) is 20.0 Å². The summed E-state index contributed by atoms with van der Waals surface area (Å²) in [5.74, 6) is 6.68. The van der Waals surface area contributed by atoms with E-state index in [1.54, 1.807) is 11.3 Å². The highest BCUT2D eigenvalue weighted by Crippen LogP contribution is 2.23. The van der Waals surface area contributed by atoms with E-state index in [2.05, 4.69) is 26.9 Å². The molecule has 2 aromatic rings. The maximum absolute atomic E-state index is 5.63. The first-order valence-corrected chi connectivity index (χ1v) is 6.50. The Balaban J connectivity index is 2.19. The molecule has 17 heavy (non-hydrogen) atoms. The highest BCUT2D eigenvalue weighted by molar-refractivity contribution is 7.09. The van der Waals surface area contributed by atoms with Gasteiger partial charge in [0.05, 0.1) is 17.2 Å². The van der Waals surface area contributed by atoms with Crippen LogP contribution in [0.4, 0.5) is 0 Å². The molecular weight excluding hydrogens is 234 g/mol. The first kappa shape index (κ1) is 12.2. The summed E-state index contributed by atoms with van der Waals surface area (Å²) in [6.07, 6.45) is 4.59. The average molecular weight is 251 g/mol. The predicted octanol–water partition coefficient (Wildman–Crippen LogP) is 1.42. The molecule has 0 saturated carbocycles. The highest BCUT2D eigenvalue weighted by Gasteiger charge is 2.17. The summed E-state index contributed by atoms with van der Waals surface area (Å²) < 4.78 is 2.13. The molecule has 0 aromatic carbocycles. The molecular formula is C11H17N5S. The summed E-state index contributed by atoms with van der Waals surface area (Å²) in [6.45, 7) is 5.03. The minimum Gasteiger partial charge on any atom is -0.335 e. The van der Waals surface area contributed by atoms with Crippen molar-refractivity contribution in [3.8, 4) is 0 Å². The third-order valence-corrected chi connectivity index (χ3v) is 3.87. The van der Waals surface area contributed by atoms with Crippen molar-refractivity contribution >= 4 is 11.3 Å². The maximum atomic E-state index is 5.63. The summed E-state index contributed by atoms with van der Waals surface area (Å²) in [6, 6.07) is 0.0789. The molecule has 0 saturated heterocycles. The Morgan fingerprint density at radius 2 is 2.35 bits per heavy atom. The molecule has 0 spiro atoms. The number of aryl methyl sites for hydroxylation is 2. The number of imidazole rings is 1. The summed E-state index contributed by atoms with van der Waals surface area (Å²) in [5, 5.41) is 0.